The molecule has 7 heteroatoms. The van der Waals surface area contributed by atoms with Gasteiger partial charge in [-0.25, -0.2) is 0 Å². The summed E-state index contributed by atoms with van der Waals surface area (Å²) in [6.07, 6.45) is 10.0. The summed E-state index contributed by atoms with van der Waals surface area (Å²) in [6.45, 7) is 1.86. The monoisotopic (exact) mass is 548 g/mol. The van der Waals surface area contributed by atoms with Crippen LogP contribution in [0.15, 0.2) is 30.4 Å². The molecule has 3 rings (SSSR count). The largest absolute Gasteiger partial charge is 1.00 e. The van der Waals surface area contributed by atoms with E-state index in [4.69, 9.17) is 8.92 Å². The SMILES string of the molecule is CC#CCCC(/C=C/C1CCC2Oc3c(CCCC(=O)[O-])cccc3C12)OSI.[Na+]. The van der Waals surface area contributed by atoms with Gasteiger partial charge in [0.15, 0.2) is 0 Å². The smallest absolute Gasteiger partial charge is 0.550 e. The molecule has 2 aliphatic rings. The second-order valence-corrected chi connectivity index (χ2v) is 8.93. The molecule has 1 heterocycles. The van der Waals surface area contributed by atoms with Gasteiger partial charge in [-0.15, -0.1) is 11.8 Å². The summed E-state index contributed by atoms with van der Waals surface area (Å²) in [4.78, 5) is 10.7. The molecule has 30 heavy (non-hydrogen) atoms. The Kier molecular flexibility index (Phi) is 11.6. The predicted molar refractivity (Wildman–Crippen MR) is 123 cm³/mol. The number of halogens is 1. The second kappa shape index (κ2) is 13.4. The maximum absolute atomic E-state index is 10.7. The van der Waals surface area contributed by atoms with E-state index in [-0.39, 0.29) is 48.2 Å². The Morgan fingerprint density at radius 1 is 1.47 bits per heavy atom. The average Bonchev–Trinajstić information content (AvgIpc) is 3.26. The van der Waals surface area contributed by atoms with Gasteiger partial charge in [0.2, 0.25) is 0 Å². The van der Waals surface area contributed by atoms with Crippen molar-refractivity contribution in [3.8, 4) is 17.6 Å². The number of ether oxygens (including phenoxy) is 1. The van der Waals surface area contributed by atoms with Crippen molar-refractivity contribution in [1.82, 2.24) is 0 Å². The summed E-state index contributed by atoms with van der Waals surface area (Å²) in [7, 11) is 1.37. The van der Waals surface area contributed by atoms with Gasteiger partial charge in [-0.2, -0.15) is 0 Å². The predicted octanol–water partition coefficient (Wildman–Crippen LogP) is 1.76. The summed E-state index contributed by atoms with van der Waals surface area (Å²) < 4.78 is 12.1. The van der Waals surface area contributed by atoms with Crippen LogP contribution in [0.2, 0.25) is 0 Å². The molecule has 0 spiro atoms. The van der Waals surface area contributed by atoms with Gasteiger partial charge in [0.05, 0.1) is 15.3 Å². The molecule has 0 N–H and O–H groups in total. The maximum Gasteiger partial charge on any atom is 1.00 e. The molecule has 0 radical (unpaired) electrons. The molecule has 156 valence electrons. The van der Waals surface area contributed by atoms with Crippen LogP contribution in [-0.2, 0) is 15.4 Å². The fraction of sp³-hybridized carbons (Fsp3) is 0.522. The van der Waals surface area contributed by atoms with E-state index in [9.17, 15) is 9.90 Å². The quantitative estimate of drug-likeness (QED) is 0.147. The Morgan fingerprint density at radius 2 is 2.30 bits per heavy atom. The van der Waals surface area contributed by atoms with Crippen LogP contribution in [0.25, 0.3) is 0 Å². The summed E-state index contributed by atoms with van der Waals surface area (Å²) in [5.41, 5.74) is 2.38. The number of carboxylic acids is 1. The first-order valence-electron chi connectivity index (χ1n) is 10.1. The number of rotatable bonds is 10. The van der Waals surface area contributed by atoms with Gasteiger partial charge >= 0.3 is 29.6 Å². The normalized spacial score (nSPS) is 22.4. The van der Waals surface area contributed by atoms with Gasteiger partial charge in [0.1, 0.15) is 11.9 Å². The molecule has 1 aromatic carbocycles. The van der Waals surface area contributed by atoms with Crippen LogP contribution < -0.4 is 39.4 Å². The minimum absolute atomic E-state index is 0. The number of aliphatic carboxylic acids is 1. The van der Waals surface area contributed by atoms with Gasteiger partial charge in [-0.3, -0.25) is 4.18 Å². The van der Waals surface area contributed by atoms with E-state index in [0.29, 0.717) is 24.7 Å². The molecule has 4 unspecified atom stereocenters. The van der Waals surface area contributed by atoms with E-state index in [1.807, 2.05) is 6.92 Å². The zero-order valence-electron chi connectivity index (χ0n) is 17.6. The molecule has 1 aliphatic heterocycles. The molecule has 1 aliphatic carbocycles. The van der Waals surface area contributed by atoms with E-state index in [1.54, 1.807) is 0 Å². The van der Waals surface area contributed by atoms with Crippen molar-refractivity contribution in [1.29, 1.82) is 0 Å². The minimum atomic E-state index is -0.994. The summed E-state index contributed by atoms with van der Waals surface area (Å²) in [6, 6.07) is 6.29. The Bertz CT molecular complexity index is 804. The number of hydrogen-bond acceptors (Lipinski definition) is 5. The number of para-hydroxylation sites is 1. The number of carboxylic acid groups (broad SMARTS) is 1. The van der Waals surface area contributed by atoms with Gasteiger partial charge in [-0.05, 0) is 56.9 Å². The number of allylic oxidation sites excluding steroid dienone is 1. The van der Waals surface area contributed by atoms with Crippen molar-refractivity contribution in [2.75, 3.05) is 0 Å². The number of carbonyl (C=O) groups is 1. The molecular weight excluding hydrogens is 522 g/mol. The van der Waals surface area contributed by atoms with Crippen molar-refractivity contribution < 1.29 is 48.4 Å². The summed E-state index contributed by atoms with van der Waals surface area (Å²) in [5.74, 6) is 6.83. The van der Waals surface area contributed by atoms with Gasteiger partial charge < -0.3 is 14.6 Å². The third-order valence-electron chi connectivity index (χ3n) is 5.69. The van der Waals surface area contributed by atoms with Crippen LogP contribution in [0, 0.1) is 17.8 Å². The van der Waals surface area contributed by atoms with Crippen molar-refractivity contribution in [2.45, 2.75) is 70.0 Å². The Morgan fingerprint density at radius 3 is 3.03 bits per heavy atom. The summed E-state index contributed by atoms with van der Waals surface area (Å²) >= 11 is 2.16. The van der Waals surface area contributed by atoms with E-state index < -0.39 is 5.97 Å². The van der Waals surface area contributed by atoms with Crippen LogP contribution in [-0.4, -0.2) is 18.2 Å². The number of fused-ring (bicyclic) bond motifs is 3. The number of hydrogen-bond donors (Lipinski definition) is 0. The van der Waals surface area contributed by atoms with Crippen molar-refractivity contribution in [3.63, 3.8) is 0 Å². The molecular formula is C23H26INaO4S. The fourth-order valence-corrected chi connectivity index (χ4v) is 5.44. The maximum atomic E-state index is 10.7. The minimum Gasteiger partial charge on any atom is -0.550 e. The molecule has 4 atom stereocenters. The summed E-state index contributed by atoms with van der Waals surface area (Å²) in [5, 5.41) is 10.7. The molecule has 0 bridgehead atoms. The Balaban J connectivity index is 0.00000320. The van der Waals surface area contributed by atoms with Crippen molar-refractivity contribution in [3.05, 3.63) is 41.5 Å². The zero-order valence-corrected chi connectivity index (χ0v) is 22.5. The molecule has 0 aromatic heterocycles. The zero-order chi connectivity index (χ0) is 20.6. The molecule has 1 saturated carbocycles. The second-order valence-electron chi connectivity index (χ2n) is 7.53. The third kappa shape index (κ3) is 6.91. The number of benzene rings is 1. The van der Waals surface area contributed by atoms with Crippen LogP contribution in [0.1, 0.15) is 62.5 Å². The Labute approximate surface area is 218 Å². The fourth-order valence-electron chi connectivity index (χ4n) is 4.38. The standard InChI is InChI=1S/C23H27IO4S.Na/c1-2-3-4-9-18(28-29-24)14-12-16-13-15-20-22(16)19-10-5-7-17(23(19)27-20)8-6-11-21(25)26;/h5,7,10,12,14,16,18,20,22H,4,6,8-9,11,13,15H2,1H3,(H,25,26);/q;+1/p-1/b14-12+;. The van der Waals surface area contributed by atoms with E-state index in [2.05, 4.69) is 63.4 Å². The van der Waals surface area contributed by atoms with Crippen LogP contribution >= 0.6 is 30.4 Å². The molecule has 1 aromatic rings. The molecule has 0 saturated heterocycles. The van der Waals surface area contributed by atoms with Gasteiger partial charge in [-0.1, -0.05) is 30.4 Å². The first-order valence-corrected chi connectivity index (χ1v) is 13.4. The molecule has 1 fully saturated rings. The van der Waals surface area contributed by atoms with Gasteiger partial charge in [0, 0.05) is 45.1 Å². The molecule has 4 nitrogen and oxygen atoms in total. The van der Waals surface area contributed by atoms with Gasteiger partial charge in [0.25, 0.3) is 0 Å². The van der Waals surface area contributed by atoms with Crippen LogP contribution in [0.3, 0.4) is 0 Å². The van der Waals surface area contributed by atoms with Crippen molar-refractivity contribution >= 4 is 36.4 Å². The number of aryl methyl sites for hydroxylation is 1. The first kappa shape index (κ1) is 26.1. The van der Waals surface area contributed by atoms with Crippen molar-refractivity contribution in [2.24, 2.45) is 5.92 Å². The van der Waals surface area contributed by atoms with E-state index in [1.165, 1.54) is 14.8 Å². The van der Waals surface area contributed by atoms with E-state index in [0.717, 1.165) is 37.0 Å². The number of carbonyl (C=O) groups excluding carboxylic acids is 1. The Hall–Kier alpha value is -0.170. The van der Waals surface area contributed by atoms with E-state index >= 15 is 0 Å². The van der Waals surface area contributed by atoms with Crippen LogP contribution in [0.5, 0.6) is 5.75 Å². The third-order valence-corrected chi connectivity index (χ3v) is 6.64. The average molecular weight is 548 g/mol. The topological polar surface area (TPSA) is 58.6 Å². The first-order chi connectivity index (χ1) is 14.1. The molecule has 0 amide bonds. The van der Waals surface area contributed by atoms with Crippen LogP contribution in [0.4, 0.5) is 0 Å².